The Hall–Kier alpha value is -2.61. The summed E-state index contributed by atoms with van der Waals surface area (Å²) in [7, 11) is 0. The summed E-state index contributed by atoms with van der Waals surface area (Å²) in [4.78, 5) is 4.68. The zero-order valence-electron chi connectivity index (χ0n) is 15.3. The lowest BCUT2D eigenvalue weighted by Crippen LogP contribution is -2.31. The molecule has 0 bridgehead atoms. The molecule has 130 valence electrons. The Balaban J connectivity index is 0.00000243. The maximum Gasteiger partial charge on any atom is 0.0725 e. The average Bonchev–Trinajstić information content (AvgIpc) is 2.87. The first-order valence-corrected chi connectivity index (χ1v) is 8.91. The van der Waals surface area contributed by atoms with Gasteiger partial charge in [0.15, 0.2) is 0 Å². The van der Waals surface area contributed by atoms with E-state index in [4.69, 9.17) is 0 Å². The minimum Gasteiger partial charge on any atom is -0.376 e. The molecule has 1 aliphatic heterocycles. The van der Waals surface area contributed by atoms with E-state index in [1.807, 2.05) is 6.20 Å². The van der Waals surface area contributed by atoms with Crippen molar-refractivity contribution in [3.8, 4) is 0 Å². The highest BCUT2D eigenvalue weighted by molar-refractivity contribution is 6.02. The van der Waals surface area contributed by atoms with Crippen LogP contribution in [0.15, 0.2) is 71.9 Å². The molecule has 0 spiro atoms. The number of hydrogen-bond donors (Lipinski definition) is 1. The van der Waals surface area contributed by atoms with Crippen LogP contribution in [0.4, 0.5) is 5.69 Å². The molecule has 0 aromatic heterocycles. The van der Waals surface area contributed by atoms with E-state index in [-0.39, 0.29) is 7.47 Å². The number of benzene rings is 2. The van der Waals surface area contributed by atoms with Crippen molar-refractivity contribution in [2.45, 2.75) is 39.7 Å². The highest BCUT2D eigenvalue weighted by Crippen LogP contribution is 2.24. The Kier molecular flexibility index (Phi) is 5.49. The Morgan fingerprint density at radius 1 is 1.04 bits per heavy atom. The zero-order chi connectivity index (χ0) is 17.6. The number of nitrogens with one attached hydrogen (secondary N) is 1. The first kappa shape index (κ1) is 17.2. The molecule has 2 nitrogen and oxygen atoms in total. The topological polar surface area (TPSA) is 24.4 Å². The number of rotatable bonds is 5. The molecule has 1 unspecified atom stereocenters. The third-order valence-electron chi connectivity index (χ3n) is 4.53. The molecule has 3 rings (SSSR count). The fraction of sp³-hybridized carbons (Fsp3) is 0.261. The van der Waals surface area contributed by atoms with Crippen LogP contribution < -0.4 is 5.32 Å². The van der Waals surface area contributed by atoms with Gasteiger partial charge in [-0.3, -0.25) is 4.99 Å². The molecular formula is C23H28N2. The van der Waals surface area contributed by atoms with Crippen LogP contribution in [0, 0.1) is 20.8 Å². The van der Waals surface area contributed by atoms with Crippen LogP contribution in [-0.4, -0.2) is 11.8 Å². The third kappa shape index (κ3) is 4.48. The van der Waals surface area contributed by atoms with Crippen LogP contribution in [0.1, 0.15) is 30.1 Å². The van der Waals surface area contributed by atoms with Gasteiger partial charge in [-0.1, -0.05) is 60.2 Å². The minimum atomic E-state index is 0. The number of allylic oxidation sites excluding steroid dienone is 2. The van der Waals surface area contributed by atoms with Gasteiger partial charge in [0.2, 0.25) is 0 Å². The van der Waals surface area contributed by atoms with Crippen LogP contribution in [0.3, 0.4) is 0 Å². The van der Waals surface area contributed by atoms with Gasteiger partial charge in [-0.25, -0.2) is 0 Å². The Labute approximate surface area is 152 Å². The predicted octanol–water partition coefficient (Wildman–Crippen LogP) is 5.80. The van der Waals surface area contributed by atoms with Crippen molar-refractivity contribution < 1.29 is 1.43 Å². The number of nitrogens with zero attached hydrogens (tertiary/aromatic N) is 1. The van der Waals surface area contributed by atoms with E-state index < -0.39 is 0 Å². The molecule has 0 saturated heterocycles. The van der Waals surface area contributed by atoms with Crippen molar-refractivity contribution >= 4 is 11.4 Å². The Morgan fingerprint density at radius 2 is 1.76 bits per heavy atom. The van der Waals surface area contributed by atoms with Gasteiger partial charge in [0.05, 0.1) is 11.8 Å². The normalized spacial score (nSPS) is 14.8. The second kappa shape index (κ2) is 7.98. The molecule has 1 heterocycles. The standard InChI is InChI=1S/C23H26N2.H2/c1-17-14-18(2)23(19(3)15-17)25-22(16-20-10-6-4-7-11-20)21-12-8-5-9-13-24-21;/h4,6-15,22,25H,5,16H2,1-3H3;1H. The summed E-state index contributed by atoms with van der Waals surface area (Å²) in [5.74, 6) is 0. The van der Waals surface area contributed by atoms with Crippen LogP contribution in [-0.2, 0) is 6.42 Å². The fourth-order valence-corrected chi connectivity index (χ4v) is 3.38. The summed E-state index contributed by atoms with van der Waals surface area (Å²) in [5.41, 5.74) is 7.47. The summed E-state index contributed by atoms with van der Waals surface area (Å²) >= 11 is 0. The molecule has 2 heteroatoms. The molecule has 0 saturated carbocycles. The smallest absolute Gasteiger partial charge is 0.0725 e. The number of aryl methyl sites for hydroxylation is 3. The molecule has 0 fully saturated rings. The van der Waals surface area contributed by atoms with Gasteiger partial charge in [-0.2, -0.15) is 0 Å². The van der Waals surface area contributed by atoms with E-state index in [2.05, 4.69) is 91.8 Å². The van der Waals surface area contributed by atoms with Crippen LogP contribution in [0.5, 0.6) is 0 Å². The highest BCUT2D eigenvalue weighted by atomic mass is 15.0. The summed E-state index contributed by atoms with van der Waals surface area (Å²) in [5, 5.41) is 3.77. The average molecular weight is 332 g/mol. The van der Waals surface area contributed by atoms with E-state index in [1.165, 1.54) is 27.9 Å². The van der Waals surface area contributed by atoms with E-state index in [0.717, 1.165) is 18.6 Å². The van der Waals surface area contributed by atoms with Gasteiger partial charge in [0.1, 0.15) is 0 Å². The van der Waals surface area contributed by atoms with Crippen molar-refractivity contribution in [1.29, 1.82) is 0 Å². The molecular weight excluding hydrogens is 304 g/mol. The fourth-order valence-electron chi connectivity index (χ4n) is 3.38. The maximum atomic E-state index is 4.68. The lowest BCUT2D eigenvalue weighted by atomic mass is 9.98. The first-order chi connectivity index (χ1) is 12.1. The minimum absolute atomic E-state index is 0. The molecule has 0 amide bonds. The molecule has 1 atom stereocenters. The summed E-state index contributed by atoms with van der Waals surface area (Å²) < 4.78 is 0. The Bertz CT molecular complexity index is 796. The number of anilines is 1. The van der Waals surface area contributed by atoms with Gasteiger partial charge >= 0.3 is 0 Å². The first-order valence-electron chi connectivity index (χ1n) is 8.91. The van der Waals surface area contributed by atoms with Crippen molar-refractivity contribution in [2.24, 2.45) is 4.99 Å². The zero-order valence-corrected chi connectivity index (χ0v) is 15.3. The molecule has 0 aliphatic carbocycles. The van der Waals surface area contributed by atoms with Crippen molar-refractivity contribution in [3.05, 3.63) is 89.1 Å². The Morgan fingerprint density at radius 3 is 2.48 bits per heavy atom. The highest BCUT2D eigenvalue weighted by Gasteiger charge is 2.17. The second-order valence-electron chi connectivity index (χ2n) is 6.74. The third-order valence-corrected chi connectivity index (χ3v) is 4.53. The van der Waals surface area contributed by atoms with E-state index in [9.17, 15) is 0 Å². The molecule has 2 aromatic carbocycles. The second-order valence-corrected chi connectivity index (χ2v) is 6.74. The molecule has 1 aliphatic rings. The van der Waals surface area contributed by atoms with Gasteiger partial charge in [-0.15, -0.1) is 0 Å². The summed E-state index contributed by atoms with van der Waals surface area (Å²) in [6.45, 7) is 6.49. The number of aliphatic imine (C=N–C) groups is 1. The maximum absolute atomic E-state index is 4.68. The number of hydrogen-bond acceptors (Lipinski definition) is 2. The van der Waals surface area contributed by atoms with Crippen molar-refractivity contribution in [3.63, 3.8) is 0 Å². The molecule has 25 heavy (non-hydrogen) atoms. The van der Waals surface area contributed by atoms with Crippen LogP contribution in [0.25, 0.3) is 0 Å². The summed E-state index contributed by atoms with van der Waals surface area (Å²) in [6, 6.07) is 15.2. The summed E-state index contributed by atoms with van der Waals surface area (Å²) in [6.07, 6.45) is 10.2. The van der Waals surface area contributed by atoms with Gasteiger partial charge < -0.3 is 5.32 Å². The SMILES string of the molecule is Cc1cc(C)c(NC(Cc2ccccc2)C2=NC=CCC=C2)c(C)c1.[HH]. The monoisotopic (exact) mass is 332 g/mol. The molecule has 1 N–H and O–H groups in total. The van der Waals surface area contributed by atoms with Crippen molar-refractivity contribution in [1.82, 2.24) is 0 Å². The lowest BCUT2D eigenvalue weighted by Gasteiger charge is -2.23. The van der Waals surface area contributed by atoms with Crippen LogP contribution >= 0.6 is 0 Å². The molecule has 0 radical (unpaired) electrons. The van der Waals surface area contributed by atoms with Gasteiger partial charge in [0, 0.05) is 13.3 Å². The van der Waals surface area contributed by atoms with Gasteiger partial charge in [0.25, 0.3) is 0 Å². The van der Waals surface area contributed by atoms with Crippen molar-refractivity contribution in [2.75, 3.05) is 5.32 Å². The van der Waals surface area contributed by atoms with E-state index in [1.54, 1.807) is 0 Å². The quantitative estimate of drug-likeness (QED) is 0.735. The van der Waals surface area contributed by atoms with E-state index in [0.29, 0.717) is 0 Å². The van der Waals surface area contributed by atoms with E-state index >= 15 is 0 Å². The van der Waals surface area contributed by atoms with Crippen LogP contribution in [0.2, 0.25) is 0 Å². The van der Waals surface area contributed by atoms with Gasteiger partial charge in [-0.05, 0) is 56.4 Å². The lowest BCUT2D eigenvalue weighted by molar-refractivity contribution is 0.901. The molecule has 2 aromatic rings. The largest absolute Gasteiger partial charge is 0.376 e. The predicted molar refractivity (Wildman–Crippen MR) is 111 cm³/mol.